The summed E-state index contributed by atoms with van der Waals surface area (Å²) < 4.78 is 19.2. The Balaban J connectivity index is 2.53. The van der Waals surface area contributed by atoms with Crippen LogP contribution in [0.2, 0.25) is 0 Å². The van der Waals surface area contributed by atoms with E-state index in [1.807, 2.05) is 20.8 Å². The number of carbonyl (C=O) groups is 1. The summed E-state index contributed by atoms with van der Waals surface area (Å²) in [5.74, 6) is -0.682. The zero-order valence-electron chi connectivity index (χ0n) is 10.7. The van der Waals surface area contributed by atoms with Gasteiger partial charge >= 0.3 is 0 Å². The Hall–Kier alpha value is -1.10. The fourth-order valence-corrected chi connectivity index (χ4v) is 1.57. The lowest BCUT2D eigenvalue weighted by atomic mass is 10.0. The topological polar surface area (TPSA) is 38.3 Å². The molecule has 0 aliphatic heterocycles. The van der Waals surface area contributed by atoms with Gasteiger partial charge in [0.2, 0.25) is 0 Å². The van der Waals surface area contributed by atoms with E-state index in [0.717, 1.165) is 6.42 Å². The fourth-order valence-electron chi connectivity index (χ4n) is 1.24. The maximum Gasteiger partial charge on any atom is 0.258 e. The third-order valence-corrected chi connectivity index (χ3v) is 3.11. The van der Waals surface area contributed by atoms with Gasteiger partial charge in [-0.2, -0.15) is 0 Å². The number of amides is 1. The number of hydrogen-bond acceptors (Lipinski definition) is 2. The molecule has 1 N–H and O–H groups in total. The molecule has 0 bridgehead atoms. The molecule has 100 valence electrons. The summed E-state index contributed by atoms with van der Waals surface area (Å²) >= 11 is 3.15. The Labute approximate surface area is 115 Å². The summed E-state index contributed by atoms with van der Waals surface area (Å²) in [5.41, 5.74) is -0.279. The summed E-state index contributed by atoms with van der Waals surface area (Å²) in [6, 6.07) is 4.44. The summed E-state index contributed by atoms with van der Waals surface area (Å²) in [7, 11) is 0. The lowest BCUT2D eigenvalue weighted by molar-refractivity contribution is -0.124. The van der Waals surface area contributed by atoms with E-state index in [4.69, 9.17) is 4.74 Å². The molecular weight excluding hydrogens is 301 g/mol. The number of hydrogen-bond donors (Lipinski definition) is 1. The monoisotopic (exact) mass is 317 g/mol. The predicted molar refractivity (Wildman–Crippen MR) is 72.1 cm³/mol. The van der Waals surface area contributed by atoms with Crippen molar-refractivity contribution in [2.75, 3.05) is 6.61 Å². The second-order valence-corrected chi connectivity index (χ2v) is 5.56. The van der Waals surface area contributed by atoms with Crippen molar-refractivity contribution in [2.45, 2.75) is 32.7 Å². The lowest BCUT2D eigenvalue weighted by Gasteiger charge is -2.24. The molecule has 0 fully saturated rings. The van der Waals surface area contributed by atoms with Crippen molar-refractivity contribution in [1.82, 2.24) is 5.32 Å². The average Bonchev–Trinajstić information content (AvgIpc) is 2.27. The standard InChI is InChI=1S/C13H17BrFNO2/c1-4-13(2,3)16-12(17)8-18-11-6-5-9(14)7-10(11)15/h5-7H,4,8H2,1-3H3,(H,16,17). The number of ether oxygens (including phenoxy) is 1. The molecule has 1 aromatic rings. The molecular formula is C13H17BrFNO2. The van der Waals surface area contributed by atoms with Gasteiger partial charge in [0.25, 0.3) is 5.91 Å². The van der Waals surface area contributed by atoms with Crippen LogP contribution in [-0.4, -0.2) is 18.1 Å². The van der Waals surface area contributed by atoms with E-state index in [2.05, 4.69) is 21.2 Å². The number of nitrogens with one attached hydrogen (secondary N) is 1. The minimum absolute atomic E-state index is 0.0719. The molecule has 0 saturated heterocycles. The smallest absolute Gasteiger partial charge is 0.258 e. The molecule has 1 rings (SSSR count). The highest BCUT2D eigenvalue weighted by Gasteiger charge is 2.18. The van der Waals surface area contributed by atoms with Crippen LogP contribution in [0.3, 0.4) is 0 Å². The van der Waals surface area contributed by atoms with E-state index in [9.17, 15) is 9.18 Å². The summed E-state index contributed by atoms with van der Waals surface area (Å²) in [6.45, 7) is 5.63. The molecule has 1 amide bonds. The van der Waals surface area contributed by atoms with Gasteiger partial charge in [-0.25, -0.2) is 4.39 Å². The summed E-state index contributed by atoms with van der Waals surface area (Å²) in [5, 5.41) is 2.81. The van der Waals surface area contributed by atoms with E-state index in [0.29, 0.717) is 4.47 Å². The van der Waals surface area contributed by atoms with Crippen LogP contribution in [0.4, 0.5) is 4.39 Å². The largest absolute Gasteiger partial charge is 0.481 e. The number of halogens is 2. The molecule has 0 aromatic heterocycles. The molecule has 0 aliphatic carbocycles. The number of rotatable bonds is 5. The van der Waals surface area contributed by atoms with Crippen molar-refractivity contribution in [3.63, 3.8) is 0 Å². The Morgan fingerprint density at radius 3 is 2.72 bits per heavy atom. The molecule has 0 spiro atoms. The maximum atomic E-state index is 13.4. The van der Waals surface area contributed by atoms with Gasteiger partial charge < -0.3 is 10.1 Å². The Kier molecular flexibility index (Phi) is 5.14. The third-order valence-electron chi connectivity index (χ3n) is 2.61. The minimum atomic E-state index is -0.494. The second-order valence-electron chi connectivity index (χ2n) is 4.65. The zero-order chi connectivity index (χ0) is 13.8. The first kappa shape index (κ1) is 15.0. The minimum Gasteiger partial charge on any atom is -0.481 e. The molecule has 18 heavy (non-hydrogen) atoms. The van der Waals surface area contributed by atoms with E-state index in [-0.39, 0.29) is 23.8 Å². The number of carbonyl (C=O) groups excluding carboxylic acids is 1. The zero-order valence-corrected chi connectivity index (χ0v) is 12.3. The second kappa shape index (κ2) is 6.18. The number of benzene rings is 1. The molecule has 0 saturated carbocycles. The van der Waals surface area contributed by atoms with Gasteiger partial charge in [0.1, 0.15) is 0 Å². The van der Waals surface area contributed by atoms with Crippen molar-refractivity contribution < 1.29 is 13.9 Å². The van der Waals surface area contributed by atoms with Gasteiger partial charge in [-0.1, -0.05) is 22.9 Å². The van der Waals surface area contributed by atoms with Crippen molar-refractivity contribution in [3.8, 4) is 5.75 Å². The quantitative estimate of drug-likeness (QED) is 0.905. The highest BCUT2D eigenvalue weighted by Crippen LogP contribution is 2.21. The molecule has 1 aromatic carbocycles. The highest BCUT2D eigenvalue weighted by atomic mass is 79.9. The SMILES string of the molecule is CCC(C)(C)NC(=O)COc1ccc(Br)cc1F. The van der Waals surface area contributed by atoms with Gasteiger partial charge in [-0.3, -0.25) is 4.79 Å². The molecule has 0 aliphatic rings. The van der Waals surface area contributed by atoms with Crippen LogP contribution >= 0.6 is 15.9 Å². The summed E-state index contributed by atoms with van der Waals surface area (Å²) in [4.78, 5) is 11.6. The van der Waals surface area contributed by atoms with Crippen molar-refractivity contribution in [1.29, 1.82) is 0 Å². The average molecular weight is 318 g/mol. The van der Waals surface area contributed by atoms with Gasteiger partial charge in [-0.05, 0) is 38.5 Å². The van der Waals surface area contributed by atoms with Gasteiger partial charge in [0, 0.05) is 10.0 Å². The van der Waals surface area contributed by atoms with Crippen LogP contribution in [-0.2, 0) is 4.79 Å². The Morgan fingerprint density at radius 2 is 2.17 bits per heavy atom. The van der Waals surface area contributed by atoms with Gasteiger partial charge in [0.15, 0.2) is 18.2 Å². The van der Waals surface area contributed by atoms with Crippen LogP contribution in [0, 0.1) is 5.82 Å². The van der Waals surface area contributed by atoms with E-state index in [1.165, 1.54) is 12.1 Å². The normalized spacial score (nSPS) is 11.2. The third kappa shape index (κ3) is 4.64. The van der Waals surface area contributed by atoms with Crippen molar-refractivity contribution >= 4 is 21.8 Å². The van der Waals surface area contributed by atoms with Crippen molar-refractivity contribution in [2.24, 2.45) is 0 Å². The van der Waals surface area contributed by atoms with Crippen LogP contribution in [0.5, 0.6) is 5.75 Å². The Bertz CT molecular complexity index is 435. The highest BCUT2D eigenvalue weighted by molar-refractivity contribution is 9.10. The lowest BCUT2D eigenvalue weighted by Crippen LogP contribution is -2.44. The van der Waals surface area contributed by atoms with E-state index in [1.54, 1.807) is 6.07 Å². The Morgan fingerprint density at radius 1 is 1.50 bits per heavy atom. The maximum absolute atomic E-state index is 13.4. The van der Waals surface area contributed by atoms with Crippen LogP contribution in [0.1, 0.15) is 27.2 Å². The van der Waals surface area contributed by atoms with E-state index < -0.39 is 5.82 Å². The van der Waals surface area contributed by atoms with Crippen LogP contribution in [0.25, 0.3) is 0 Å². The van der Waals surface area contributed by atoms with Crippen LogP contribution in [0.15, 0.2) is 22.7 Å². The molecule has 3 nitrogen and oxygen atoms in total. The fraction of sp³-hybridized carbons (Fsp3) is 0.462. The predicted octanol–water partition coefficient (Wildman–Crippen LogP) is 3.27. The molecule has 0 heterocycles. The molecule has 5 heteroatoms. The van der Waals surface area contributed by atoms with Crippen LogP contribution < -0.4 is 10.1 Å². The first-order valence-electron chi connectivity index (χ1n) is 5.73. The van der Waals surface area contributed by atoms with Gasteiger partial charge in [0.05, 0.1) is 0 Å². The molecule has 0 radical (unpaired) electrons. The van der Waals surface area contributed by atoms with Gasteiger partial charge in [-0.15, -0.1) is 0 Å². The first-order chi connectivity index (χ1) is 8.34. The molecule has 0 atom stereocenters. The summed E-state index contributed by atoms with van der Waals surface area (Å²) in [6.07, 6.45) is 0.811. The first-order valence-corrected chi connectivity index (χ1v) is 6.52. The van der Waals surface area contributed by atoms with Crippen molar-refractivity contribution in [3.05, 3.63) is 28.5 Å². The molecule has 0 unspecified atom stereocenters. The van der Waals surface area contributed by atoms with E-state index >= 15 is 0 Å².